The lowest BCUT2D eigenvalue weighted by atomic mass is 9.81. The number of pyridine rings is 1. The van der Waals surface area contributed by atoms with E-state index in [-0.39, 0.29) is 34.9 Å². The highest BCUT2D eigenvalue weighted by molar-refractivity contribution is 7.89. The van der Waals surface area contributed by atoms with Crippen LogP contribution in [0.1, 0.15) is 19.3 Å². The average Bonchev–Trinajstić information content (AvgIpc) is 3.12. The van der Waals surface area contributed by atoms with Crippen LogP contribution in [0, 0.1) is 11.3 Å². The molecule has 2 aliphatic rings. The highest BCUT2D eigenvalue weighted by Gasteiger charge is 2.57. The molecule has 1 saturated heterocycles. The Morgan fingerprint density at radius 1 is 1.35 bits per heavy atom. The number of carboxylic acids is 1. The number of sulfonamides is 1. The lowest BCUT2D eigenvalue weighted by molar-refractivity contribution is -0.149. The number of aliphatic carboxylic acids is 1. The molecule has 26 heavy (non-hydrogen) atoms. The van der Waals surface area contributed by atoms with E-state index in [0.717, 1.165) is 23.0 Å². The van der Waals surface area contributed by atoms with Gasteiger partial charge in [0.1, 0.15) is 10.5 Å². The summed E-state index contributed by atoms with van der Waals surface area (Å²) in [7, 11) is -4.01. The van der Waals surface area contributed by atoms with Gasteiger partial charge in [0, 0.05) is 19.3 Å². The van der Waals surface area contributed by atoms with Crippen molar-refractivity contribution in [2.24, 2.45) is 11.3 Å². The van der Waals surface area contributed by atoms with Gasteiger partial charge < -0.3 is 5.11 Å². The molecule has 4 rings (SSSR count). The summed E-state index contributed by atoms with van der Waals surface area (Å²) in [5.41, 5.74) is -2.53. The number of hydrogen-bond donors (Lipinski definition) is 3. The van der Waals surface area contributed by atoms with Crippen LogP contribution in [0.2, 0.25) is 0 Å². The van der Waals surface area contributed by atoms with Crippen molar-refractivity contribution in [2.75, 3.05) is 13.1 Å². The van der Waals surface area contributed by atoms with Gasteiger partial charge in [-0.15, -0.1) is 0 Å². The molecule has 10 nitrogen and oxygen atoms in total. The zero-order chi connectivity index (χ0) is 18.7. The average molecular weight is 380 g/mol. The summed E-state index contributed by atoms with van der Waals surface area (Å²) in [6.07, 6.45) is 2.96. The van der Waals surface area contributed by atoms with E-state index in [1.165, 1.54) is 0 Å². The molecule has 0 unspecified atom stereocenters. The van der Waals surface area contributed by atoms with Crippen LogP contribution in [0.25, 0.3) is 11.0 Å². The summed E-state index contributed by atoms with van der Waals surface area (Å²) < 4.78 is 27.1. The molecule has 1 saturated carbocycles. The summed E-state index contributed by atoms with van der Waals surface area (Å²) >= 11 is 0. The molecule has 0 spiro atoms. The van der Waals surface area contributed by atoms with Crippen molar-refractivity contribution in [1.82, 2.24) is 19.3 Å². The number of aromatic nitrogens is 3. The first-order valence-corrected chi connectivity index (χ1v) is 9.54. The van der Waals surface area contributed by atoms with E-state index in [9.17, 15) is 27.9 Å². The van der Waals surface area contributed by atoms with Gasteiger partial charge in [-0.1, -0.05) is 6.42 Å². The smallest absolute Gasteiger partial charge is 0.327 e. The van der Waals surface area contributed by atoms with Crippen LogP contribution in [0.5, 0.6) is 0 Å². The Hall–Kier alpha value is -2.53. The molecule has 138 valence electrons. The van der Waals surface area contributed by atoms with Gasteiger partial charge in [0.15, 0.2) is 0 Å². The summed E-state index contributed by atoms with van der Waals surface area (Å²) in [6, 6.07) is 1.15. The maximum absolute atomic E-state index is 13.0. The van der Waals surface area contributed by atoms with Gasteiger partial charge in [-0.3, -0.25) is 19.6 Å². The third-order valence-electron chi connectivity index (χ3n) is 5.47. The van der Waals surface area contributed by atoms with Gasteiger partial charge in [0.2, 0.25) is 10.0 Å². The first-order valence-electron chi connectivity index (χ1n) is 8.10. The molecule has 11 heteroatoms. The van der Waals surface area contributed by atoms with E-state index in [1.807, 2.05) is 4.98 Å². The van der Waals surface area contributed by atoms with Crippen LogP contribution in [0.15, 0.2) is 26.7 Å². The van der Waals surface area contributed by atoms with E-state index in [0.29, 0.717) is 12.8 Å². The van der Waals surface area contributed by atoms with Crippen LogP contribution < -0.4 is 11.2 Å². The quantitative estimate of drug-likeness (QED) is 0.648. The van der Waals surface area contributed by atoms with Crippen LogP contribution in [0.3, 0.4) is 0 Å². The normalized spacial score (nSPS) is 26.2. The molecule has 2 aromatic heterocycles. The van der Waals surface area contributed by atoms with Crippen LogP contribution >= 0.6 is 0 Å². The molecule has 0 bridgehead atoms. The molecule has 3 N–H and O–H groups in total. The van der Waals surface area contributed by atoms with Gasteiger partial charge in [0.25, 0.3) is 5.56 Å². The largest absolute Gasteiger partial charge is 0.481 e. The second-order valence-corrected chi connectivity index (χ2v) is 8.76. The molecular weight excluding hydrogens is 364 g/mol. The molecular formula is C15H16N4O6S. The minimum atomic E-state index is -4.01. The summed E-state index contributed by atoms with van der Waals surface area (Å²) in [6.45, 7) is 0.0456. The van der Waals surface area contributed by atoms with E-state index in [2.05, 4.69) is 9.97 Å². The zero-order valence-electron chi connectivity index (χ0n) is 13.6. The molecule has 0 radical (unpaired) electrons. The van der Waals surface area contributed by atoms with Crippen molar-refractivity contribution in [3.8, 4) is 0 Å². The Balaban J connectivity index is 1.76. The number of aromatic amines is 2. The van der Waals surface area contributed by atoms with Crippen LogP contribution in [-0.4, -0.2) is 51.8 Å². The maximum atomic E-state index is 13.0. The topological polar surface area (TPSA) is 153 Å². The first-order chi connectivity index (χ1) is 12.2. The van der Waals surface area contributed by atoms with Gasteiger partial charge in [-0.05, 0) is 24.8 Å². The second-order valence-electron chi connectivity index (χ2n) is 6.82. The Morgan fingerprint density at radius 3 is 2.81 bits per heavy atom. The van der Waals surface area contributed by atoms with Gasteiger partial charge in [-0.25, -0.2) is 18.2 Å². The van der Waals surface area contributed by atoms with Crippen LogP contribution in [-0.2, 0) is 14.8 Å². The molecule has 2 fully saturated rings. The lowest BCUT2D eigenvalue weighted by Crippen LogP contribution is -2.37. The van der Waals surface area contributed by atoms with Gasteiger partial charge in [0.05, 0.1) is 10.8 Å². The summed E-state index contributed by atoms with van der Waals surface area (Å²) in [5, 5.41) is 9.56. The zero-order valence-corrected chi connectivity index (χ0v) is 14.4. The fourth-order valence-corrected chi connectivity index (χ4v) is 5.62. The molecule has 3 heterocycles. The number of hydrogen-bond acceptors (Lipinski definition) is 6. The number of H-pyrrole nitrogens is 2. The minimum absolute atomic E-state index is 0.0157. The highest BCUT2D eigenvalue weighted by Crippen LogP contribution is 2.50. The lowest BCUT2D eigenvalue weighted by Gasteiger charge is -2.23. The Bertz CT molecular complexity index is 1140. The van der Waals surface area contributed by atoms with E-state index in [1.54, 1.807) is 0 Å². The highest BCUT2D eigenvalue weighted by atomic mass is 32.2. The Kier molecular flexibility index (Phi) is 3.57. The monoisotopic (exact) mass is 380 g/mol. The molecule has 1 aliphatic carbocycles. The number of nitrogens with one attached hydrogen (secondary N) is 2. The standard InChI is InChI=1S/C15H16N4O6S/c20-12-10-4-9(5-16-11(10)17-14(23)18-12)26(24,25)19-6-8-2-1-3-15(8,7-19)13(21)22/h4-5,8H,1-3,6-7H2,(H,21,22)(H2,16,17,18,20,23)/t8-,15+/m0/s1. The number of nitrogens with zero attached hydrogens (tertiary/aromatic N) is 2. The van der Waals surface area contributed by atoms with Crippen molar-refractivity contribution in [3.05, 3.63) is 33.1 Å². The van der Waals surface area contributed by atoms with E-state index >= 15 is 0 Å². The van der Waals surface area contributed by atoms with Gasteiger partial charge >= 0.3 is 11.7 Å². The number of carbonyl (C=O) groups is 1. The molecule has 1 aliphatic heterocycles. The predicted molar refractivity (Wildman–Crippen MR) is 89.2 cm³/mol. The summed E-state index contributed by atoms with van der Waals surface area (Å²) in [4.78, 5) is 42.9. The van der Waals surface area contributed by atoms with Crippen molar-refractivity contribution < 1.29 is 18.3 Å². The maximum Gasteiger partial charge on any atom is 0.327 e. The van der Waals surface area contributed by atoms with Crippen molar-refractivity contribution >= 4 is 27.0 Å². The fourth-order valence-electron chi connectivity index (χ4n) is 4.09. The fraction of sp³-hybridized carbons (Fsp3) is 0.467. The second kappa shape index (κ2) is 5.48. The molecule has 0 amide bonds. The van der Waals surface area contributed by atoms with Crippen molar-refractivity contribution in [3.63, 3.8) is 0 Å². The molecule has 2 atom stereocenters. The third-order valence-corrected chi connectivity index (χ3v) is 7.25. The number of fused-ring (bicyclic) bond motifs is 2. The minimum Gasteiger partial charge on any atom is -0.481 e. The third kappa shape index (κ3) is 2.31. The van der Waals surface area contributed by atoms with E-state index < -0.39 is 32.7 Å². The van der Waals surface area contributed by atoms with Crippen molar-refractivity contribution in [2.45, 2.75) is 24.2 Å². The van der Waals surface area contributed by atoms with E-state index in [4.69, 9.17) is 0 Å². The number of rotatable bonds is 3. The SMILES string of the molecule is O=C(O)[C@@]12CCC[C@H]1CN(S(=O)(=O)c1cnc3[nH]c(=O)[nH]c(=O)c3c1)C2. The predicted octanol–water partition coefficient (Wildman–Crippen LogP) is -0.513. The molecule has 2 aromatic rings. The molecule has 0 aromatic carbocycles. The Morgan fingerprint density at radius 2 is 2.12 bits per heavy atom. The summed E-state index contributed by atoms with van der Waals surface area (Å²) in [5.74, 6) is -1.19. The Labute approximate surface area is 146 Å². The van der Waals surface area contributed by atoms with Gasteiger partial charge in [-0.2, -0.15) is 4.31 Å². The first kappa shape index (κ1) is 16.9. The van der Waals surface area contributed by atoms with Crippen molar-refractivity contribution in [1.29, 1.82) is 0 Å². The number of carboxylic acid groups (broad SMARTS) is 1. The van der Waals surface area contributed by atoms with Crippen LogP contribution in [0.4, 0.5) is 0 Å².